The van der Waals surface area contributed by atoms with Crippen LogP contribution in [0, 0.1) is 5.82 Å². The fraction of sp³-hybridized carbons (Fsp3) is 0.214. The first-order valence-corrected chi connectivity index (χ1v) is 7.03. The average Bonchev–Trinajstić information content (AvgIpc) is 2.94. The number of hydrogen-bond acceptors (Lipinski definition) is 5. The van der Waals surface area contributed by atoms with Gasteiger partial charge in [0, 0.05) is 18.5 Å². The normalized spacial score (nSPS) is 11.8. The van der Waals surface area contributed by atoms with Crippen molar-refractivity contribution in [1.29, 1.82) is 0 Å². The molecule has 0 unspecified atom stereocenters. The van der Waals surface area contributed by atoms with Gasteiger partial charge in [-0.2, -0.15) is 0 Å². The van der Waals surface area contributed by atoms with Crippen molar-refractivity contribution in [2.24, 2.45) is 0 Å². The molecule has 7 heteroatoms. The minimum atomic E-state index is -0.616. The van der Waals surface area contributed by atoms with Crippen molar-refractivity contribution < 1.29 is 18.7 Å². The number of halogens is 1. The van der Waals surface area contributed by atoms with Crippen LogP contribution < -0.4 is 5.32 Å². The number of rotatable bonds is 4. The van der Waals surface area contributed by atoms with Crippen molar-refractivity contribution in [3.8, 4) is 0 Å². The van der Waals surface area contributed by atoms with Gasteiger partial charge in [-0.05, 0) is 25.1 Å². The maximum absolute atomic E-state index is 13.5. The van der Waals surface area contributed by atoms with Crippen molar-refractivity contribution in [1.82, 2.24) is 4.98 Å². The predicted molar refractivity (Wildman–Crippen MR) is 76.6 cm³/mol. The number of aromatic nitrogens is 1. The van der Waals surface area contributed by atoms with Gasteiger partial charge in [0.15, 0.2) is 6.10 Å². The van der Waals surface area contributed by atoms with Gasteiger partial charge in [0.1, 0.15) is 10.8 Å². The number of benzene rings is 1. The number of ether oxygens (including phenoxy) is 1. The van der Waals surface area contributed by atoms with E-state index in [1.807, 2.05) is 0 Å². The largest absolute Gasteiger partial charge is 0.452 e. The SMILES string of the molecule is CC(=O)Nc1cc(C(=O)O[C@H](C)c2nccs2)ccc1F. The van der Waals surface area contributed by atoms with Gasteiger partial charge in [-0.25, -0.2) is 14.2 Å². The molecule has 1 amide bonds. The minimum absolute atomic E-state index is 0.0566. The smallest absolute Gasteiger partial charge is 0.338 e. The molecule has 1 aromatic carbocycles. The molecule has 0 saturated heterocycles. The molecule has 0 fully saturated rings. The van der Waals surface area contributed by atoms with Crippen LogP contribution >= 0.6 is 11.3 Å². The lowest BCUT2D eigenvalue weighted by Gasteiger charge is -2.11. The van der Waals surface area contributed by atoms with E-state index in [1.165, 1.54) is 30.4 Å². The number of carbonyl (C=O) groups excluding carboxylic acids is 2. The van der Waals surface area contributed by atoms with Gasteiger partial charge in [-0.1, -0.05) is 0 Å². The van der Waals surface area contributed by atoms with Crippen LogP contribution in [0.4, 0.5) is 10.1 Å². The number of carbonyl (C=O) groups is 2. The molecule has 0 aliphatic carbocycles. The van der Waals surface area contributed by atoms with Gasteiger partial charge in [0.2, 0.25) is 5.91 Å². The maximum atomic E-state index is 13.5. The number of thiazole rings is 1. The van der Waals surface area contributed by atoms with Gasteiger partial charge in [0.25, 0.3) is 0 Å². The van der Waals surface area contributed by atoms with E-state index in [2.05, 4.69) is 10.3 Å². The first-order valence-electron chi connectivity index (χ1n) is 6.15. The van der Waals surface area contributed by atoms with Crippen molar-refractivity contribution in [3.05, 3.63) is 46.2 Å². The first-order chi connectivity index (χ1) is 9.97. The summed E-state index contributed by atoms with van der Waals surface area (Å²) in [4.78, 5) is 27.1. The lowest BCUT2D eigenvalue weighted by Crippen LogP contribution is -2.12. The highest BCUT2D eigenvalue weighted by atomic mass is 32.1. The Balaban J connectivity index is 2.14. The molecule has 1 N–H and O–H groups in total. The zero-order chi connectivity index (χ0) is 15.4. The number of anilines is 1. The van der Waals surface area contributed by atoms with Gasteiger partial charge in [-0.15, -0.1) is 11.3 Å². The van der Waals surface area contributed by atoms with Crippen LogP contribution in [0.1, 0.15) is 35.3 Å². The van der Waals surface area contributed by atoms with E-state index < -0.39 is 23.8 Å². The van der Waals surface area contributed by atoms with E-state index in [1.54, 1.807) is 18.5 Å². The molecular formula is C14H13FN2O3S. The van der Waals surface area contributed by atoms with Crippen LogP contribution in [0.3, 0.4) is 0 Å². The highest BCUT2D eigenvalue weighted by molar-refractivity contribution is 7.09. The molecule has 1 heterocycles. The molecule has 0 saturated carbocycles. The Kier molecular flexibility index (Phi) is 4.64. The fourth-order valence-corrected chi connectivity index (χ4v) is 2.27. The van der Waals surface area contributed by atoms with Crippen molar-refractivity contribution >= 4 is 28.9 Å². The molecule has 1 aromatic heterocycles. The molecule has 0 spiro atoms. The van der Waals surface area contributed by atoms with Crippen molar-refractivity contribution in [3.63, 3.8) is 0 Å². The molecule has 0 aliphatic heterocycles. The third-order valence-electron chi connectivity index (χ3n) is 2.60. The maximum Gasteiger partial charge on any atom is 0.338 e. The van der Waals surface area contributed by atoms with Gasteiger partial charge < -0.3 is 10.1 Å². The Morgan fingerprint density at radius 1 is 1.43 bits per heavy atom. The van der Waals surface area contributed by atoms with Crippen LogP contribution in [-0.2, 0) is 9.53 Å². The molecule has 0 bridgehead atoms. The summed E-state index contributed by atoms with van der Waals surface area (Å²) < 4.78 is 18.8. The molecule has 2 aromatic rings. The van der Waals surface area contributed by atoms with E-state index in [0.717, 1.165) is 6.07 Å². The van der Waals surface area contributed by atoms with Gasteiger partial charge >= 0.3 is 5.97 Å². The Bertz CT molecular complexity index is 658. The summed E-state index contributed by atoms with van der Waals surface area (Å²) in [7, 11) is 0. The second-order valence-corrected chi connectivity index (χ2v) is 5.22. The van der Waals surface area contributed by atoms with Crippen LogP contribution in [0.5, 0.6) is 0 Å². The summed E-state index contributed by atoms with van der Waals surface area (Å²) in [6.07, 6.45) is 1.13. The van der Waals surface area contributed by atoms with E-state index in [-0.39, 0.29) is 11.3 Å². The monoisotopic (exact) mass is 308 g/mol. The first kappa shape index (κ1) is 15.1. The van der Waals surface area contributed by atoms with Crippen LogP contribution in [0.15, 0.2) is 29.8 Å². The quantitative estimate of drug-likeness (QED) is 0.881. The molecule has 110 valence electrons. The molecule has 0 aliphatic rings. The summed E-state index contributed by atoms with van der Waals surface area (Å²) in [5.74, 6) is -1.64. The van der Waals surface area contributed by atoms with Gasteiger partial charge in [-0.3, -0.25) is 4.79 Å². The molecule has 0 radical (unpaired) electrons. The Morgan fingerprint density at radius 2 is 2.19 bits per heavy atom. The van der Waals surface area contributed by atoms with Gasteiger partial charge in [0.05, 0.1) is 11.3 Å². The molecule has 2 rings (SSSR count). The highest BCUT2D eigenvalue weighted by Crippen LogP contribution is 2.22. The summed E-state index contributed by atoms with van der Waals surface area (Å²) in [5, 5.41) is 4.78. The Labute approximate surface area is 124 Å². The van der Waals surface area contributed by atoms with E-state index >= 15 is 0 Å². The van der Waals surface area contributed by atoms with Crippen LogP contribution in [0.25, 0.3) is 0 Å². The second kappa shape index (κ2) is 6.45. The second-order valence-electron chi connectivity index (χ2n) is 4.29. The van der Waals surface area contributed by atoms with Crippen molar-refractivity contribution in [2.45, 2.75) is 20.0 Å². The summed E-state index contributed by atoms with van der Waals surface area (Å²) in [5.41, 5.74) is 0.0995. The van der Waals surface area contributed by atoms with E-state index in [4.69, 9.17) is 4.74 Å². The lowest BCUT2D eigenvalue weighted by atomic mass is 10.2. The summed E-state index contributed by atoms with van der Waals surface area (Å²) in [6, 6.07) is 3.65. The number of nitrogens with zero attached hydrogens (tertiary/aromatic N) is 1. The number of hydrogen-bond donors (Lipinski definition) is 1. The number of amides is 1. The highest BCUT2D eigenvalue weighted by Gasteiger charge is 2.17. The molecule has 5 nitrogen and oxygen atoms in total. The van der Waals surface area contributed by atoms with Crippen LogP contribution in [0.2, 0.25) is 0 Å². The van der Waals surface area contributed by atoms with E-state index in [0.29, 0.717) is 5.01 Å². The van der Waals surface area contributed by atoms with Crippen molar-refractivity contribution in [2.75, 3.05) is 5.32 Å². The lowest BCUT2D eigenvalue weighted by molar-refractivity contribution is -0.114. The summed E-state index contributed by atoms with van der Waals surface area (Å²) in [6.45, 7) is 2.96. The Hall–Kier alpha value is -2.28. The summed E-state index contributed by atoms with van der Waals surface area (Å²) >= 11 is 1.38. The Morgan fingerprint density at radius 3 is 2.81 bits per heavy atom. The third kappa shape index (κ3) is 3.85. The predicted octanol–water partition coefficient (Wildman–Crippen LogP) is 3.16. The number of nitrogens with one attached hydrogen (secondary N) is 1. The molecular weight excluding hydrogens is 295 g/mol. The fourth-order valence-electron chi connectivity index (χ4n) is 1.65. The third-order valence-corrected chi connectivity index (χ3v) is 3.53. The van der Waals surface area contributed by atoms with E-state index in [9.17, 15) is 14.0 Å². The van der Waals surface area contributed by atoms with Crippen LogP contribution in [-0.4, -0.2) is 16.9 Å². The topological polar surface area (TPSA) is 68.3 Å². The standard InChI is InChI=1S/C14H13FN2O3S/c1-8(13-16-5-6-21-13)20-14(19)10-3-4-11(15)12(7-10)17-9(2)18/h3-8H,1-2H3,(H,17,18)/t8-/m1/s1. The zero-order valence-electron chi connectivity index (χ0n) is 11.4. The zero-order valence-corrected chi connectivity index (χ0v) is 12.2. The molecule has 21 heavy (non-hydrogen) atoms. The minimum Gasteiger partial charge on any atom is -0.452 e. The average molecular weight is 308 g/mol. The number of esters is 1. The molecule has 1 atom stereocenters.